The fourth-order valence-electron chi connectivity index (χ4n) is 2.81. The smallest absolute Gasteiger partial charge is 0.165 e. The minimum absolute atomic E-state index is 0.352. The van der Waals surface area contributed by atoms with Gasteiger partial charge in [0.2, 0.25) is 0 Å². The molecule has 6 heteroatoms. The first-order valence-corrected chi connectivity index (χ1v) is 6.48. The largest absolute Gasteiger partial charge is 0.398 e. The van der Waals surface area contributed by atoms with E-state index in [2.05, 4.69) is 0 Å². The van der Waals surface area contributed by atoms with E-state index >= 15 is 0 Å². The Hall–Kier alpha value is -1.60. The molecule has 20 heavy (non-hydrogen) atoms. The Bertz CT molecular complexity index is 637. The number of rotatable bonds is 2. The average Bonchev–Trinajstić information content (AvgIpc) is 2.92. The van der Waals surface area contributed by atoms with Crippen molar-refractivity contribution in [3.8, 4) is 0 Å². The number of aliphatic hydroxyl groups excluding tert-OH is 2. The normalized spacial score (nSPS) is 33.9. The Morgan fingerprint density at radius 1 is 1.40 bits per heavy atom. The number of anilines is 1. The van der Waals surface area contributed by atoms with Crippen LogP contribution < -0.4 is 5.73 Å². The molecule has 5 N–H and O–H groups in total. The first-order valence-electron chi connectivity index (χ1n) is 6.48. The highest BCUT2D eigenvalue weighted by atomic mass is 16.6. The number of aromatic nitrogens is 1. The van der Waals surface area contributed by atoms with Gasteiger partial charge in [0.25, 0.3) is 0 Å². The highest BCUT2D eigenvalue weighted by molar-refractivity contribution is 5.91. The first kappa shape index (κ1) is 13.4. The SMILES string of the molecule is C[C@]1(O)C(n2ccc3c(N)cccc32)O[C@H](CO)[C@H]1O. The lowest BCUT2D eigenvalue weighted by Gasteiger charge is -2.28. The number of nitrogens with two attached hydrogens (primary N) is 1. The third-order valence-electron chi connectivity index (χ3n) is 3.98. The van der Waals surface area contributed by atoms with Gasteiger partial charge >= 0.3 is 0 Å². The molecule has 0 spiro atoms. The summed E-state index contributed by atoms with van der Waals surface area (Å²) in [5, 5.41) is 30.6. The molecule has 1 aromatic heterocycles. The van der Waals surface area contributed by atoms with Crippen LogP contribution >= 0.6 is 0 Å². The minimum atomic E-state index is -1.50. The van der Waals surface area contributed by atoms with E-state index in [1.54, 1.807) is 16.8 Å². The van der Waals surface area contributed by atoms with Gasteiger partial charge in [-0.3, -0.25) is 0 Å². The van der Waals surface area contributed by atoms with Crippen molar-refractivity contribution in [3.05, 3.63) is 30.5 Å². The van der Waals surface area contributed by atoms with Crippen molar-refractivity contribution in [1.82, 2.24) is 4.57 Å². The highest BCUT2D eigenvalue weighted by Crippen LogP contribution is 2.40. The molecule has 1 aliphatic heterocycles. The summed E-state index contributed by atoms with van der Waals surface area (Å²) < 4.78 is 7.33. The van der Waals surface area contributed by atoms with Crippen molar-refractivity contribution in [2.75, 3.05) is 12.3 Å². The number of fused-ring (bicyclic) bond motifs is 1. The molecule has 1 unspecified atom stereocenters. The van der Waals surface area contributed by atoms with Gasteiger partial charge in [-0.2, -0.15) is 0 Å². The van der Waals surface area contributed by atoms with E-state index in [0.29, 0.717) is 5.69 Å². The number of nitrogens with zero attached hydrogens (tertiary/aromatic N) is 1. The van der Waals surface area contributed by atoms with E-state index in [1.807, 2.05) is 18.2 Å². The minimum Gasteiger partial charge on any atom is -0.398 e. The van der Waals surface area contributed by atoms with Gasteiger partial charge in [0.15, 0.2) is 6.23 Å². The fraction of sp³-hybridized carbons (Fsp3) is 0.429. The molecule has 0 radical (unpaired) electrons. The summed E-state index contributed by atoms with van der Waals surface area (Å²) in [6, 6.07) is 7.32. The van der Waals surface area contributed by atoms with E-state index in [0.717, 1.165) is 10.9 Å². The standard InChI is InChI=1S/C14H18N2O4/c1-14(19)12(18)11(7-17)20-13(14)16-6-5-8-9(15)3-2-4-10(8)16/h2-6,11-13,17-19H,7,15H2,1H3/t11-,12-,13?,14-/m1/s1. The van der Waals surface area contributed by atoms with Crippen LogP contribution in [0.5, 0.6) is 0 Å². The molecule has 2 heterocycles. The second-order valence-corrected chi connectivity index (χ2v) is 5.38. The number of nitrogen functional groups attached to an aromatic ring is 1. The third-order valence-corrected chi connectivity index (χ3v) is 3.98. The summed E-state index contributed by atoms with van der Waals surface area (Å²) in [5.74, 6) is 0. The zero-order chi connectivity index (χ0) is 14.5. The van der Waals surface area contributed by atoms with Gasteiger partial charge in [-0.1, -0.05) is 6.07 Å². The van der Waals surface area contributed by atoms with Gasteiger partial charge in [-0.25, -0.2) is 0 Å². The molecule has 1 saturated heterocycles. The average molecular weight is 278 g/mol. The highest BCUT2D eigenvalue weighted by Gasteiger charge is 2.52. The lowest BCUT2D eigenvalue weighted by Crippen LogP contribution is -2.44. The molecule has 0 saturated carbocycles. The molecule has 1 aromatic carbocycles. The van der Waals surface area contributed by atoms with Crippen molar-refractivity contribution < 1.29 is 20.1 Å². The van der Waals surface area contributed by atoms with E-state index in [4.69, 9.17) is 10.5 Å². The Morgan fingerprint density at radius 3 is 2.80 bits per heavy atom. The van der Waals surface area contributed by atoms with Crippen LogP contribution in [0, 0.1) is 0 Å². The lowest BCUT2D eigenvalue weighted by atomic mass is 9.96. The Balaban J connectivity index is 2.10. The monoisotopic (exact) mass is 278 g/mol. The third kappa shape index (κ3) is 1.73. The first-order chi connectivity index (χ1) is 9.46. The number of benzene rings is 1. The molecular formula is C14H18N2O4. The van der Waals surface area contributed by atoms with Gasteiger partial charge in [0.05, 0.1) is 12.1 Å². The Labute approximate surface area is 116 Å². The second kappa shape index (κ2) is 4.46. The fourth-order valence-corrected chi connectivity index (χ4v) is 2.81. The number of hydrogen-bond acceptors (Lipinski definition) is 5. The quantitative estimate of drug-likeness (QED) is 0.589. The Morgan fingerprint density at radius 2 is 2.15 bits per heavy atom. The summed E-state index contributed by atoms with van der Waals surface area (Å²) in [6.45, 7) is 1.14. The topological polar surface area (TPSA) is 101 Å². The van der Waals surface area contributed by atoms with Crippen molar-refractivity contribution in [1.29, 1.82) is 0 Å². The van der Waals surface area contributed by atoms with E-state index in [-0.39, 0.29) is 6.61 Å². The summed E-state index contributed by atoms with van der Waals surface area (Å²) in [5.41, 5.74) is 5.86. The van der Waals surface area contributed by atoms with Crippen LogP contribution in [0.1, 0.15) is 13.2 Å². The molecule has 3 rings (SSSR count). The van der Waals surface area contributed by atoms with Crippen molar-refractivity contribution in [3.63, 3.8) is 0 Å². The van der Waals surface area contributed by atoms with Crippen LogP contribution in [0.3, 0.4) is 0 Å². The number of aliphatic hydroxyl groups is 3. The molecule has 108 valence electrons. The zero-order valence-corrected chi connectivity index (χ0v) is 11.1. The van der Waals surface area contributed by atoms with Gasteiger partial charge < -0.3 is 30.4 Å². The molecule has 0 bridgehead atoms. The van der Waals surface area contributed by atoms with Crippen LogP contribution in [0.15, 0.2) is 30.5 Å². The molecule has 6 nitrogen and oxygen atoms in total. The molecule has 0 aliphatic carbocycles. The molecule has 0 amide bonds. The van der Waals surface area contributed by atoms with E-state index < -0.39 is 24.0 Å². The molecule has 4 atom stereocenters. The maximum Gasteiger partial charge on any atom is 0.165 e. The van der Waals surface area contributed by atoms with Crippen molar-refractivity contribution in [2.24, 2.45) is 0 Å². The van der Waals surface area contributed by atoms with Crippen LogP contribution in [-0.2, 0) is 4.74 Å². The second-order valence-electron chi connectivity index (χ2n) is 5.38. The molecule has 1 aliphatic rings. The predicted molar refractivity (Wildman–Crippen MR) is 74.0 cm³/mol. The van der Waals surface area contributed by atoms with Gasteiger partial charge in [-0.15, -0.1) is 0 Å². The van der Waals surface area contributed by atoms with E-state index in [1.165, 1.54) is 6.92 Å². The number of hydrogen-bond donors (Lipinski definition) is 4. The van der Waals surface area contributed by atoms with Gasteiger partial charge in [0.1, 0.15) is 17.8 Å². The summed E-state index contributed by atoms with van der Waals surface area (Å²) >= 11 is 0. The van der Waals surface area contributed by atoms with Crippen LogP contribution in [0.4, 0.5) is 5.69 Å². The summed E-state index contributed by atoms with van der Waals surface area (Å²) in [6.07, 6.45) is -0.995. The zero-order valence-electron chi connectivity index (χ0n) is 11.1. The summed E-state index contributed by atoms with van der Waals surface area (Å²) in [4.78, 5) is 0. The molecule has 2 aromatic rings. The Kier molecular flexibility index (Phi) is 2.98. The lowest BCUT2D eigenvalue weighted by molar-refractivity contribution is -0.0946. The van der Waals surface area contributed by atoms with Crippen LogP contribution in [0.2, 0.25) is 0 Å². The van der Waals surface area contributed by atoms with Crippen molar-refractivity contribution in [2.45, 2.75) is 31.0 Å². The van der Waals surface area contributed by atoms with Crippen molar-refractivity contribution >= 4 is 16.6 Å². The van der Waals surface area contributed by atoms with Crippen LogP contribution in [-0.4, -0.2) is 44.3 Å². The van der Waals surface area contributed by atoms with Crippen LogP contribution in [0.25, 0.3) is 10.9 Å². The maximum absolute atomic E-state index is 10.5. The maximum atomic E-state index is 10.5. The van der Waals surface area contributed by atoms with Gasteiger partial charge in [0, 0.05) is 17.3 Å². The summed E-state index contributed by atoms with van der Waals surface area (Å²) in [7, 11) is 0. The molecular weight excluding hydrogens is 260 g/mol. The van der Waals surface area contributed by atoms with Gasteiger partial charge in [-0.05, 0) is 25.1 Å². The predicted octanol–water partition coefficient (Wildman–Crippen LogP) is 0.225. The number of ether oxygens (including phenoxy) is 1. The molecule has 1 fully saturated rings. The van der Waals surface area contributed by atoms with E-state index in [9.17, 15) is 15.3 Å².